The molecule has 0 aromatic heterocycles. The fraction of sp³-hybridized carbons (Fsp3) is 0.875. The van der Waals surface area contributed by atoms with Gasteiger partial charge in [0.15, 0.2) is 12.4 Å². The number of nitrogens with zero attached hydrogens (tertiary/aromatic N) is 2. The molecule has 0 bridgehead atoms. The van der Waals surface area contributed by atoms with Gasteiger partial charge in [-0.3, -0.25) is 9.69 Å². The van der Waals surface area contributed by atoms with E-state index in [-0.39, 0.29) is 18.5 Å². The van der Waals surface area contributed by atoms with Crippen molar-refractivity contribution in [1.29, 1.82) is 0 Å². The molecule has 0 aromatic rings. The maximum atomic E-state index is 11.7. The summed E-state index contributed by atoms with van der Waals surface area (Å²) in [6, 6.07) is 0. The smallest absolute Gasteiger partial charge is 0.410 e. The number of hydrogen-bond acceptors (Lipinski definition) is 4. The number of carbonyl (C=O) groups excluding carboxylic acids is 2. The first kappa shape index (κ1) is 18.0. The molecule has 0 N–H and O–H groups in total. The molecule has 0 unspecified atom stereocenters. The van der Waals surface area contributed by atoms with Crippen LogP contribution >= 0.6 is 0 Å². The van der Waals surface area contributed by atoms with Crippen LogP contribution in [-0.2, 0) is 9.53 Å². The van der Waals surface area contributed by atoms with Gasteiger partial charge in [-0.25, -0.2) is 4.79 Å². The zero-order valence-corrected chi connectivity index (χ0v) is 13.6. The zero-order chi connectivity index (χ0) is 15.5. The lowest BCUT2D eigenvalue weighted by Gasteiger charge is -2.34. The molecular formula is C16H30N2O3. The van der Waals surface area contributed by atoms with E-state index >= 15 is 0 Å². The number of hydrogen-bond donors (Lipinski definition) is 0. The van der Waals surface area contributed by atoms with Gasteiger partial charge in [-0.2, -0.15) is 0 Å². The number of piperazine rings is 1. The van der Waals surface area contributed by atoms with E-state index in [0.29, 0.717) is 13.1 Å². The van der Waals surface area contributed by atoms with Gasteiger partial charge in [-0.05, 0) is 19.9 Å². The van der Waals surface area contributed by atoms with Crippen LogP contribution in [-0.4, -0.2) is 61.0 Å². The summed E-state index contributed by atoms with van der Waals surface area (Å²) >= 11 is 0. The lowest BCUT2D eigenvalue weighted by Crippen LogP contribution is -2.49. The van der Waals surface area contributed by atoms with Crippen molar-refractivity contribution in [2.45, 2.75) is 52.4 Å². The van der Waals surface area contributed by atoms with Gasteiger partial charge in [-0.1, -0.05) is 39.0 Å². The van der Waals surface area contributed by atoms with Gasteiger partial charge in [0, 0.05) is 26.2 Å². The van der Waals surface area contributed by atoms with Crippen LogP contribution in [0.5, 0.6) is 0 Å². The molecule has 1 heterocycles. The molecule has 5 heteroatoms. The van der Waals surface area contributed by atoms with Crippen LogP contribution in [0.25, 0.3) is 0 Å². The second kappa shape index (κ2) is 10.6. The zero-order valence-electron chi connectivity index (χ0n) is 13.6. The van der Waals surface area contributed by atoms with E-state index in [0.717, 1.165) is 19.6 Å². The normalized spacial score (nSPS) is 16.0. The van der Waals surface area contributed by atoms with Gasteiger partial charge in [0.1, 0.15) is 0 Å². The molecule has 122 valence electrons. The summed E-state index contributed by atoms with van der Waals surface area (Å²) < 4.78 is 4.93. The highest BCUT2D eigenvalue weighted by molar-refractivity contribution is 5.79. The first-order valence-corrected chi connectivity index (χ1v) is 8.27. The number of amides is 1. The van der Waals surface area contributed by atoms with Crippen molar-refractivity contribution >= 4 is 11.9 Å². The fourth-order valence-corrected chi connectivity index (χ4v) is 2.52. The molecule has 0 saturated carbocycles. The van der Waals surface area contributed by atoms with Crippen LogP contribution in [0.3, 0.4) is 0 Å². The Hall–Kier alpha value is -1.10. The monoisotopic (exact) mass is 298 g/mol. The molecule has 1 aliphatic rings. The molecule has 1 saturated heterocycles. The summed E-state index contributed by atoms with van der Waals surface area (Å²) in [7, 11) is 0. The molecule has 0 aliphatic carbocycles. The topological polar surface area (TPSA) is 49.9 Å². The molecule has 0 spiro atoms. The Morgan fingerprint density at radius 1 is 0.952 bits per heavy atom. The minimum atomic E-state index is -0.357. The summed E-state index contributed by atoms with van der Waals surface area (Å²) in [5.41, 5.74) is 0. The molecule has 1 amide bonds. The predicted molar refractivity (Wildman–Crippen MR) is 83.4 cm³/mol. The van der Waals surface area contributed by atoms with E-state index in [9.17, 15) is 9.59 Å². The molecule has 1 aliphatic heterocycles. The summed E-state index contributed by atoms with van der Waals surface area (Å²) in [6.07, 6.45) is 7.53. The number of ketones is 1. The lowest BCUT2D eigenvalue weighted by molar-refractivity contribution is -0.120. The first-order chi connectivity index (χ1) is 10.1. The standard InChI is InChI=1S/C16H30N2O3/c1-3-4-5-6-7-8-9-17-10-12-18(13-11-17)16(20)21-14-15(2)19/h3-14H2,1-2H3. The maximum Gasteiger partial charge on any atom is 0.410 e. The Labute approximate surface area is 128 Å². The minimum absolute atomic E-state index is 0.114. The Morgan fingerprint density at radius 3 is 2.19 bits per heavy atom. The number of carbonyl (C=O) groups is 2. The molecule has 0 aromatic carbocycles. The predicted octanol–water partition coefficient (Wildman–Crippen LogP) is 2.69. The summed E-state index contributed by atoms with van der Waals surface area (Å²) in [5.74, 6) is -0.120. The van der Waals surface area contributed by atoms with Crippen LogP contribution in [0, 0.1) is 0 Å². The van der Waals surface area contributed by atoms with E-state index in [1.807, 2.05) is 0 Å². The van der Waals surface area contributed by atoms with Crippen LogP contribution in [0.2, 0.25) is 0 Å². The Bertz CT molecular complexity index is 313. The van der Waals surface area contributed by atoms with Crippen molar-refractivity contribution in [3.8, 4) is 0 Å². The highest BCUT2D eigenvalue weighted by Gasteiger charge is 2.21. The quantitative estimate of drug-likeness (QED) is 0.614. The second-order valence-corrected chi connectivity index (χ2v) is 5.85. The Balaban J connectivity index is 2.06. The van der Waals surface area contributed by atoms with Crippen molar-refractivity contribution in [2.24, 2.45) is 0 Å². The lowest BCUT2D eigenvalue weighted by atomic mass is 10.1. The highest BCUT2D eigenvalue weighted by Crippen LogP contribution is 2.08. The third kappa shape index (κ3) is 8.05. The van der Waals surface area contributed by atoms with Crippen LogP contribution in [0.1, 0.15) is 52.4 Å². The van der Waals surface area contributed by atoms with E-state index in [4.69, 9.17) is 4.74 Å². The molecule has 0 atom stereocenters. The van der Waals surface area contributed by atoms with Gasteiger partial charge in [-0.15, -0.1) is 0 Å². The minimum Gasteiger partial charge on any atom is -0.441 e. The van der Waals surface area contributed by atoms with Crippen molar-refractivity contribution < 1.29 is 14.3 Å². The molecule has 1 rings (SSSR count). The number of unbranched alkanes of at least 4 members (excludes halogenated alkanes) is 5. The molecule has 1 fully saturated rings. The average Bonchev–Trinajstić information content (AvgIpc) is 2.49. The van der Waals surface area contributed by atoms with Crippen LogP contribution < -0.4 is 0 Å². The van der Waals surface area contributed by atoms with Gasteiger partial charge >= 0.3 is 6.09 Å². The van der Waals surface area contributed by atoms with E-state index in [1.165, 1.54) is 45.4 Å². The van der Waals surface area contributed by atoms with Crippen molar-refractivity contribution in [2.75, 3.05) is 39.3 Å². The molecule has 0 radical (unpaired) electrons. The third-order valence-electron chi connectivity index (χ3n) is 3.86. The van der Waals surface area contributed by atoms with Gasteiger partial charge in [0.2, 0.25) is 0 Å². The summed E-state index contributed by atoms with van der Waals surface area (Å²) in [6.45, 7) is 7.89. The number of rotatable bonds is 9. The van der Waals surface area contributed by atoms with Crippen LogP contribution in [0.4, 0.5) is 4.79 Å². The molecular weight excluding hydrogens is 268 g/mol. The van der Waals surface area contributed by atoms with Crippen LogP contribution in [0.15, 0.2) is 0 Å². The van der Waals surface area contributed by atoms with Crippen molar-refractivity contribution in [3.63, 3.8) is 0 Å². The highest BCUT2D eigenvalue weighted by atomic mass is 16.6. The van der Waals surface area contributed by atoms with Crippen molar-refractivity contribution in [1.82, 2.24) is 9.80 Å². The van der Waals surface area contributed by atoms with Gasteiger partial charge in [0.05, 0.1) is 0 Å². The first-order valence-electron chi connectivity index (χ1n) is 8.27. The fourth-order valence-electron chi connectivity index (χ4n) is 2.52. The summed E-state index contributed by atoms with van der Waals surface area (Å²) in [4.78, 5) is 26.6. The maximum absolute atomic E-state index is 11.7. The number of ether oxygens (including phenoxy) is 1. The Morgan fingerprint density at radius 2 is 1.57 bits per heavy atom. The molecule has 5 nitrogen and oxygen atoms in total. The number of Topliss-reactive ketones (excluding diaryl/α,β-unsaturated/α-hetero) is 1. The van der Waals surface area contributed by atoms with Gasteiger partial charge < -0.3 is 9.64 Å². The molecule has 21 heavy (non-hydrogen) atoms. The van der Waals surface area contributed by atoms with E-state index in [1.54, 1.807) is 4.90 Å². The second-order valence-electron chi connectivity index (χ2n) is 5.85. The largest absolute Gasteiger partial charge is 0.441 e. The summed E-state index contributed by atoms with van der Waals surface area (Å²) in [5, 5.41) is 0. The Kier molecular flexibility index (Phi) is 9.06. The van der Waals surface area contributed by atoms with Crippen molar-refractivity contribution in [3.05, 3.63) is 0 Å². The van der Waals surface area contributed by atoms with E-state index in [2.05, 4.69) is 11.8 Å². The third-order valence-corrected chi connectivity index (χ3v) is 3.86. The average molecular weight is 298 g/mol. The van der Waals surface area contributed by atoms with E-state index < -0.39 is 0 Å². The SMILES string of the molecule is CCCCCCCCN1CCN(C(=O)OCC(C)=O)CC1. The van der Waals surface area contributed by atoms with Gasteiger partial charge in [0.25, 0.3) is 0 Å².